The summed E-state index contributed by atoms with van der Waals surface area (Å²) in [6.07, 6.45) is 4.30. The zero-order chi connectivity index (χ0) is 31.2. The second-order valence-corrected chi connectivity index (χ2v) is 12.1. The molecule has 0 bridgehead atoms. The molecule has 3 aliphatic heterocycles. The number of aliphatic hydroxyl groups is 1. The summed E-state index contributed by atoms with van der Waals surface area (Å²) >= 11 is 0. The van der Waals surface area contributed by atoms with Crippen LogP contribution >= 0.6 is 0 Å². The third-order valence-electron chi connectivity index (χ3n) is 8.65. The Hall–Kier alpha value is -4.24. The van der Waals surface area contributed by atoms with Crippen molar-refractivity contribution >= 4 is 29.7 Å². The summed E-state index contributed by atoms with van der Waals surface area (Å²) in [5.41, 5.74) is 2.53. The Labute approximate surface area is 255 Å². The molecule has 230 valence electrons. The van der Waals surface area contributed by atoms with Crippen molar-refractivity contribution in [1.82, 2.24) is 0 Å². The van der Waals surface area contributed by atoms with Gasteiger partial charge in [0.1, 0.15) is 29.1 Å². The van der Waals surface area contributed by atoms with E-state index < -0.39 is 23.6 Å². The van der Waals surface area contributed by atoms with Crippen LogP contribution in [0.15, 0.2) is 46.2 Å². The highest BCUT2D eigenvalue weighted by Crippen LogP contribution is 2.54. The third-order valence-corrected chi connectivity index (χ3v) is 8.65. The fourth-order valence-electron chi connectivity index (χ4n) is 6.43. The van der Waals surface area contributed by atoms with Gasteiger partial charge in [0.25, 0.3) is 0 Å². The van der Waals surface area contributed by atoms with E-state index >= 15 is 0 Å². The molecular formula is C35H37NO8. The molecule has 6 rings (SSSR count). The van der Waals surface area contributed by atoms with Crippen molar-refractivity contribution in [1.29, 1.82) is 0 Å². The fourth-order valence-corrected chi connectivity index (χ4v) is 6.43. The van der Waals surface area contributed by atoms with E-state index in [1.165, 1.54) is 0 Å². The molecule has 1 N–H and O–H groups in total. The molecule has 0 radical (unpaired) electrons. The highest BCUT2D eigenvalue weighted by atomic mass is 16.6. The maximum absolute atomic E-state index is 13.4. The largest absolute Gasteiger partial charge is 0.492 e. The first kappa shape index (κ1) is 29.8. The van der Waals surface area contributed by atoms with Crippen molar-refractivity contribution in [2.75, 3.05) is 19.8 Å². The number of hydrogen-bond donors (Lipinski definition) is 1. The van der Waals surface area contributed by atoms with Gasteiger partial charge in [0, 0.05) is 36.0 Å². The van der Waals surface area contributed by atoms with Crippen molar-refractivity contribution in [3.8, 4) is 17.2 Å². The zero-order valence-corrected chi connectivity index (χ0v) is 25.5. The monoisotopic (exact) mass is 599 g/mol. The summed E-state index contributed by atoms with van der Waals surface area (Å²) in [4.78, 5) is 43.9. The van der Waals surface area contributed by atoms with E-state index in [1.807, 2.05) is 31.2 Å². The number of allylic oxidation sites excluding steroid dienone is 3. The summed E-state index contributed by atoms with van der Waals surface area (Å²) in [7, 11) is 0. The van der Waals surface area contributed by atoms with Crippen LogP contribution in [0.1, 0.15) is 76.0 Å². The number of ether oxygens (including phenoxy) is 4. The number of Topliss-reactive ketones (excluding diaryl/α,β-unsaturated/α-hetero) is 1. The highest BCUT2D eigenvalue weighted by Gasteiger charge is 2.42. The number of ketones is 1. The van der Waals surface area contributed by atoms with Crippen LogP contribution in [0.4, 0.5) is 0 Å². The van der Waals surface area contributed by atoms with E-state index in [0.717, 1.165) is 33.7 Å². The first-order chi connectivity index (χ1) is 21.1. The normalized spacial score (nSPS) is 22.2. The van der Waals surface area contributed by atoms with Crippen molar-refractivity contribution < 1.29 is 38.4 Å². The number of aldehydes is 1. The highest BCUT2D eigenvalue weighted by molar-refractivity contribution is 6.10. The minimum absolute atomic E-state index is 0.0689. The third kappa shape index (κ3) is 5.23. The number of benzene rings is 2. The van der Waals surface area contributed by atoms with Gasteiger partial charge in [-0.05, 0) is 62.9 Å². The van der Waals surface area contributed by atoms with Gasteiger partial charge in [-0.15, -0.1) is 0 Å². The predicted molar refractivity (Wildman–Crippen MR) is 162 cm³/mol. The first-order valence-corrected chi connectivity index (χ1v) is 15.3. The van der Waals surface area contributed by atoms with E-state index in [-0.39, 0.29) is 30.1 Å². The molecule has 2 aromatic carbocycles. The number of rotatable bonds is 8. The summed E-state index contributed by atoms with van der Waals surface area (Å²) in [6, 6.07) is 7.62. The maximum Gasteiger partial charge on any atom is 0.375 e. The lowest BCUT2D eigenvalue weighted by molar-refractivity contribution is -0.141. The van der Waals surface area contributed by atoms with Crippen LogP contribution in [0.25, 0.3) is 11.6 Å². The van der Waals surface area contributed by atoms with Crippen molar-refractivity contribution in [2.45, 2.75) is 77.4 Å². The smallest absolute Gasteiger partial charge is 0.375 e. The van der Waals surface area contributed by atoms with E-state index in [1.54, 1.807) is 26.8 Å². The van der Waals surface area contributed by atoms with Gasteiger partial charge in [0.15, 0.2) is 6.29 Å². The Morgan fingerprint density at radius 3 is 2.70 bits per heavy atom. The molecule has 3 heterocycles. The number of carbonyl (C=O) groups is 3. The van der Waals surface area contributed by atoms with Crippen LogP contribution in [0.5, 0.6) is 17.2 Å². The molecule has 1 saturated carbocycles. The Balaban J connectivity index is 1.56. The van der Waals surface area contributed by atoms with Crippen LogP contribution in [-0.2, 0) is 25.5 Å². The summed E-state index contributed by atoms with van der Waals surface area (Å²) in [6.45, 7) is 8.17. The fraction of sp³-hybridized carbons (Fsp3) is 0.429. The molecule has 9 heteroatoms. The van der Waals surface area contributed by atoms with Crippen LogP contribution in [-0.4, -0.2) is 54.6 Å². The SMILES string of the molecule is CCCOc1c2c(cc3c1C(=C1CCC(=O)[C@H](c4ccc5c(c4)=CCN=5)C1)C(C=O)=C(C(=O)OCC)O3)O[C@H](C(C)(C)O)C2. The molecule has 0 aromatic heterocycles. The maximum atomic E-state index is 13.4. The molecule has 44 heavy (non-hydrogen) atoms. The van der Waals surface area contributed by atoms with Gasteiger partial charge >= 0.3 is 5.97 Å². The molecule has 0 saturated heterocycles. The van der Waals surface area contributed by atoms with Gasteiger partial charge in [-0.3, -0.25) is 14.6 Å². The van der Waals surface area contributed by atoms with Crippen molar-refractivity contribution in [3.63, 3.8) is 0 Å². The van der Waals surface area contributed by atoms with Gasteiger partial charge < -0.3 is 24.1 Å². The lowest BCUT2D eigenvalue weighted by Crippen LogP contribution is -2.39. The number of hydrogen-bond acceptors (Lipinski definition) is 9. The number of esters is 1. The molecule has 1 fully saturated rings. The van der Waals surface area contributed by atoms with Crippen LogP contribution < -0.4 is 24.8 Å². The van der Waals surface area contributed by atoms with Gasteiger partial charge in [-0.2, -0.15) is 0 Å². The molecule has 1 aliphatic carbocycles. The number of carbonyl (C=O) groups excluding carboxylic acids is 3. The van der Waals surface area contributed by atoms with Gasteiger partial charge in [-0.25, -0.2) is 4.79 Å². The van der Waals surface area contributed by atoms with Gasteiger partial charge in [-0.1, -0.05) is 24.6 Å². The molecule has 2 aromatic rings. The minimum Gasteiger partial charge on any atom is -0.492 e. The second kappa shape index (κ2) is 11.7. The Bertz CT molecular complexity index is 1740. The molecule has 9 nitrogen and oxygen atoms in total. The standard InChI is InChI=1S/C35H37NO8/c1-5-13-42-32-23-16-29(35(3,4)40)43-27(23)17-28-31(32)30(24(18-37)33(44-28)34(39)41-6-2)21-8-10-26(38)22(15-21)19-7-9-25-20(14-19)11-12-36-25/h7,9,11,14,17-18,22,29,40H,5-6,8,10,12-13,15-16H2,1-4H3/t22-,29-/m0/s1. The molecule has 2 atom stereocenters. The summed E-state index contributed by atoms with van der Waals surface area (Å²) in [5, 5.41) is 12.7. The van der Waals surface area contributed by atoms with Crippen molar-refractivity contribution in [3.05, 3.63) is 68.4 Å². The van der Waals surface area contributed by atoms with E-state index in [4.69, 9.17) is 18.9 Å². The lowest BCUT2D eigenvalue weighted by Gasteiger charge is -2.31. The van der Waals surface area contributed by atoms with E-state index in [9.17, 15) is 19.5 Å². The van der Waals surface area contributed by atoms with Gasteiger partial charge in [0.2, 0.25) is 5.76 Å². The Morgan fingerprint density at radius 2 is 1.98 bits per heavy atom. The predicted octanol–water partition coefficient (Wildman–Crippen LogP) is 3.66. The number of nitrogens with zero attached hydrogens (tertiary/aromatic N) is 1. The molecule has 0 amide bonds. The van der Waals surface area contributed by atoms with Gasteiger partial charge in [0.05, 0.1) is 41.9 Å². The number of fused-ring (bicyclic) bond motifs is 3. The van der Waals surface area contributed by atoms with Crippen molar-refractivity contribution in [2.24, 2.45) is 4.99 Å². The first-order valence-electron chi connectivity index (χ1n) is 15.3. The average molecular weight is 600 g/mol. The quantitative estimate of drug-likeness (QED) is 0.361. The topological polar surface area (TPSA) is 121 Å². The summed E-state index contributed by atoms with van der Waals surface area (Å²) in [5.74, 6) is 0.0111. The zero-order valence-electron chi connectivity index (χ0n) is 25.5. The van der Waals surface area contributed by atoms with E-state index in [0.29, 0.717) is 67.1 Å². The minimum atomic E-state index is -1.14. The molecular weight excluding hydrogens is 562 g/mol. The van der Waals surface area contributed by atoms with E-state index in [2.05, 4.69) is 4.99 Å². The average Bonchev–Trinajstić information content (AvgIpc) is 3.66. The lowest BCUT2D eigenvalue weighted by atomic mass is 9.75. The molecule has 0 spiro atoms. The molecule has 0 unspecified atom stereocenters. The summed E-state index contributed by atoms with van der Waals surface area (Å²) < 4.78 is 24.0. The molecule has 4 aliphatic rings. The second-order valence-electron chi connectivity index (χ2n) is 12.1. The van der Waals surface area contributed by atoms with Crippen LogP contribution in [0.3, 0.4) is 0 Å². The Morgan fingerprint density at radius 1 is 1.16 bits per heavy atom. The Kier molecular flexibility index (Phi) is 7.92. The van der Waals surface area contributed by atoms with Crippen LogP contribution in [0.2, 0.25) is 0 Å². The van der Waals surface area contributed by atoms with Crippen LogP contribution in [0, 0.1) is 0 Å².